The van der Waals surface area contributed by atoms with Crippen LogP contribution in [0, 0.1) is 5.41 Å². The van der Waals surface area contributed by atoms with Crippen LogP contribution < -0.4 is 5.32 Å². The highest BCUT2D eigenvalue weighted by Crippen LogP contribution is 2.19. The number of rotatable bonds is 7. The van der Waals surface area contributed by atoms with Crippen LogP contribution in [0.4, 0.5) is 0 Å². The third-order valence-corrected chi connectivity index (χ3v) is 3.90. The number of thiophene rings is 1. The van der Waals surface area contributed by atoms with E-state index in [0.29, 0.717) is 18.8 Å². The topological polar surface area (TPSA) is 92.9 Å². The summed E-state index contributed by atoms with van der Waals surface area (Å²) in [6.45, 7) is 4.63. The molecular formula is C13H19N5O2S. The molecule has 0 fully saturated rings. The zero-order chi connectivity index (χ0) is 15.3. The van der Waals surface area contributed by atoms with Crippen molar-refractivity contribution >= 4 is 17.2 Å². The molecule has 0 bridgehead atoms. The zero-order valence-electron chi connectivity index (χ0n) is 12.1. The van der Waals surface area contributed by atoms with Gasteiger partial charge in [-0.3, -0.25) is 4.79 Å². The monoisotopic (exact) mass is 309 g/mol. The second-order valence-corrected chi connectivity index (χ2v) is 6.48. The van der Waals surface area contributed by atoms with E-state index in [1.54, 1.807) is 0 Å². The molecule has 0 aliphatic rings. The van der Waals surface area contributed by atoms with E-state index in [-0.39, 0.29) is 24.5 Å². The van der Waals surface area contributed by atoms with Crippen LogP contribution in [0.15, 0.2) is 17.5 Å². The maximum absolute atomic E-state index is 11.9. The second kappa shape index (κ2) is 6.77. The predicted molar refractivity (Wildman–Crippen MR) is 79.6 cm³/mol. The van der Waals surface area contributed by atoms with Gasteiger partial charge in [0, 0.05) is 13.2 Å². The van der Waals surface area contributed by atoms with Crippen LogP contribution in [0.2, 0.25) is 0 Å². The molecule has 0 radical (unpaired) electrons. The number of aliphatic hydroxyl groups excluding tert-OH is 1. The maximum Gasteiger partial charge on any atom is 0.243 e. The molecule has 2 N–H and O–H groups in total. The summed E-state index contributed by atoms with van der Waals surface area (Å²) in [7, 11) is 0. The van der Waals surface area contributed by atoms with Crippen molar-refractivity contribution in [1.82, 2.24) is 25.5 Å². The molecule has 0 aromatic carbocycles. The Morgan fingerprint density at radius 1 is 1.52 bits per heavy atom. The number of aromatic nitrogens is 4. The van der Waals surface area contributed by atoms with Gasteiger partial charge in [0.1, 0.15) is 6.54 Å². The predicted octanol–water partition coefficient (Wildman–Crippen LogP) is 0.926. The van der Waals surface area contributed by atoms with E-state index in [2.05, 4.69) is 20.7 Å². The molecule has 2 rings (SSSR count). The summed E-state index contributed by atoms with van der Waals surface area (Å²) in [4.78, 5) is 14.1. The van der Waals surface area contributed by atoms with Gasteiger partial charge < -0.3 is 10.4 Å². The Kier molecular flexibility index (Phi) is 5.03. The fourth-order valence-corrected chi connectivity index (χ4v) is 2.38. The van der Waals surface area contributed by atoms with Crippen molar-refractivity contribution in [3.05, 3.63) is 17.5 Å². The smallest absolute Gasteiger partial charge is 0.243 e. The van der Waals surface area contributed by atoms with Crippen molar-refractivity contribution in [2.24, 2.45) is 5.41 Å². The van der Waals surface area contributed by atoms with Crippen molar-refractivity contribution in [2.75, 3.05) is 13.2 Å². The number of hydrogen-bond acceptors (Lipinski definition) is 6. The highest BCUT2D eigenvalue weighted by atomic mass is 32.1. The second-order valence-electron chi connectivity index (χ2n) is 5.54. The number of tetrazole rings is 1. The molecule has 1 amide bonds. The Morgan fingerprint density at radius 3 is 3.00 bits per heavy atom. The average Bonchev–Trinajstić information content (AvgIpc) is 3.06. The SMILES string of the molecule is CC(C)(CCO)CNC(=O)Cn1nnc(-c2cccs2)n1. The Labute approximate surface area is 127 Å². The van der Waals surface area contributed by atoms with Crippen molar-refractivity contribution in [1.29, 1.82) is 0 Å². The average molecular weight is 309 g/mol. The lowest BCUT2D eigenvalue weighted by molar-refractivity contribution is -0.122. The zero-order valence-corrected chi connectivity index (χ0v) is 12.9. The standard InChI is InChI=1S/C13H19N5O2S/c1-13(2,5-6-19)9-14-11(20)8-18-16-12(15-17-18)10-4-3-7-21-10/h3-4,7,19H,5-6,8-9H2,1-2H3,(H,14,20). The van der Waals surface area contributed by atoms with Crippen LogP contribution in [-0.4, -0.2) is 44.4 Å². The fraction of sp³-hybridized carbons (Fsp3) is 0.538. The van der Waals surface area contributed by atoms with E-state index in [1.165, 1.54) is 16.1 Å². The molecule has 0 aliphatic heterocycles. The van der Waals surface area contributed by atoms with E-state index in [4.69, 9.17) is 5.11 Å². The molecule has 21 heavy (non-hydrogen) atoms. The van der Waals surface area contributed by atoms with Crippen LogP contribution >= 0.6 is 11.3 Å². The largest absolute Gasteiger partial charge is 0.396 e. The van der Waals surface area contributed by atoms with E-state index in [0.717, 1.165) is 4.88 Å². The summed E-state index contributed by atoms with van der Waals surface area (Å²) >= 11 is 1.52. The van der Waals surface area contributed by atoms with Crippen molar-refractivity contribution in [3.8, 4) is 10.7 Å². The molecule has 2 heterocycles. The summed E-state index contributed by atoms with van der Waals surface area (Å²) in [5, 5.41) is 25.7. The van der Waals surface area contributed by atoms with E-state index in [1.807, 2.05) is 31.4 Å². The van der Waals surface area contributed by atoms with Gasteiger partial charge in [-0.1, -0.05) is 19.9 Å². The minimum absolute atomic E-state index is 0.0353. The van der Waals surface area contributed by atoms with Gasteiger partial charge in [0.2, 0.25) is 11.7 Å². The highest BCUT2D eigenvalue weighted by Gasteiger charge is 2.18. The number of nitrogens with one attached hydrogen (secondary N) is 1. The first-order valence-electron chi connectivity index (χ1n) is 6.69. The lowest BCUT2D eigenvalue weighted by Gasteiger charge is -2.23. The lowest BCUT2D eigenvalue weighted by Crippen LogP contribution is -2.36. The fourth-order valence-electron chi connectivity index (χ4n) is 1.73. The highest BCUT2D eigenvalue weighted by molar-refractivity contribution is 7.13. The maximum atomic E-state index is 11.9. The van der Waals surface area contributed by atoms with Crippen molar-refractivity contribution < 1.29 is 9.90 Å². The summed E-state index contributed by atoms with van der Waals surface area (Å²) < 4.78 is 0. The number of carbonyl (C=O) groups is 1. The minimum Gasteiger partial charge on any atom is -0.396 e. The Bertz CT molecular complexity index is 579. The van der Waals surface area contributed by atoms with Crippen LogP contribution in [-0.2, 0) is 11.3 Å². The summed E-state index contributed by atoms with van der Waals surface area (Å²) in [6.07, 6.45) is 0.636. The first kappa shape index (κ1) is 15.6. The number of carbonyl (C=O) groups excluding carboxylic acids is 1. The quantitative estimate of drug-likeness (QED) is 0.793. The van der Waals surface area contributed by atoms with Crippen LogP contribution in [0.1, 0.15) is 20.3 Å². The number of amides is 1. The summed E-state index contributed by atoms with van der Waals surface area (Å²) in [6, 6.07) is 3.82. The van der Waals surface area contributed by atoms with Gasteiger partial charge in [0.05, 0.1) is 4.88 Å². The molecule has 0 aliphatic carbocycles. The molecular weight excluding hydrogens is 290 g/mol. The first-order valence-corrected chi connectivity index (χ1v) is 7.57. The van der Waals surface area contributed by atoms with Gasteiger partial charge >= 0.3 is 0 Å². The van der Waals surface area contributed by atoms with Crippen molar-refractivity contribution in [3.63, 3.8) is 0 Å². The molecule has 7 nitrogen and oxygen atoms in total. The van der Waals surface area contributed by atoms with E-state index in [9.17, 15) is 4.79 Å². The molecule has 8 heteroatoms. The molecule has 0 spiro atoms. The first-order chi connectivity index (χ1) is 10.00. The number of nitrogens with zero attached hydrogens (tertiary/aromatic N) is 4. The Balaban J connectivity index is 1.86. The Hall–Kier alpha value is -1.80. The molecule has 0 saturated carbocycles. The van der Waals surface area contributed by atoms with Gasteiger partial charge in [-0.05, 0) is 28.5 Å². The van der Waals surface area contributed by atoms with Crippen LogP contribution in [0.5, 0.6) is 0 Å². The Morgan fingerprint density at radius 2 is 2.33 bits per heavy atom. The molecule has 2 aromatic heterocycles. The third kappa shape index (κ3) is 4.61. The van der Waals surface area contributed by atoms with Gasteiger partial charge in [0.15, 0.2) is 0 Å². The van der Waals surface area contributed by atoms with Crippen LogP contribution in [0.25, 0.3) is 10.7 Å². The normalized spacial score (nSPS) is 11.6. The number of aliphatic hydroxyl groups is 1. The minimum atomic E-state index is -0.170. The van der Waals surface area contributed by atoms with E-state index < -0.39 is 0 Å². The lowest BCUT2D eigenvalue weighted by atomic mass is 9.90. The molecule has 0 atom stereocenters. The molecule has 0 saturated heterocycles. The summed E-state index contributed by atoms with van der Waals surface area (Å²) in [5.74, 6) is 0.356. The molecule has 114 valence electrons. The van der Waals surface area contributed by atoms with Gasteiger partial charge in [0.25, 0.3) is 0 Å². The van der Waals surface area contributed by atoms with Gasteiger partial charge in [-0.15, -0.1) is 21.5 Å². The van der Waals surface area contributed by atoms with Gasteiger partial charge in [-0.2, -0.15) is 4.80 Å². The van der Waals surface area contributed by atoms with E-state index >= 15 is 0 Å². The summed E-state index contributed by atoms with van der Waals surface area (Å²) in [5.41, 5.74) is -0.137. The molecule has 0 unspecified atom stereocenters. The van der Waals surface area contributed by atoms with Crippen LogP contribution in [0.3, 0.4) is 0 Å². The van der Waals surface area contributed by atoms with Crippen molar-refractivity contribution in [2.45, 2.75) is 26.8 Å². The third-order valence-electron chi connectivity index (χ3n) is 3.03. The number of hydrogen-bond donors (Lipinski definition) is 2. The molecule has 2 aromatic rings. The van der Waals surface area contributed by atoms with Gasteiger partial charge in [-0.25, -0.2) is 0 Å².